The minimum atomic E-state index is -0.730. The van der Waals surface area contributed by atoms with Gasteiger partial charge >= 0.3 is 0 Å². The van der Waals surface area contributed by atoms with Crippen LogP contribution in [-0.2, 0) is 5.54 Å². The predicted octanol–water partition coefficient (Wildman–Crippen LogP) is 4.74. The summed E-state index contributed by atoms with van der Waals surface area (Å²) in [6.07, 6.45) is 7.50. The highest BCUT2D eigenvalue weighted by molar-refractivity contribution is 5.56. The van der Waals surface area contributed by atoms with Gasteiger partial charge in [-0.25, -0.2) is 9.37 Å². The van der Waals surface area contributed by atoms with Crippen LogP contribution in [0.5, 0.6) is 0 Å². The fraction of sp³-hybridized carbons (Fsp3) is 0.423. The van der Waals surface area contributed by atoms with Crippen molar-refractivity contribution in [1.29, 1.82) is 0 Å². The second-order valence-corrected chi connectivity index (χ2v) is 9.60. The quantitative estimate of drug-likeness (QED) is 0.388. The van der Waals surface area contributed by atoms with Gasteiger partial charge < -0.3 is 20.4 Å². The van der Waals surface area contributed by atoms with Gasteiger partial charge in [-0.05, 0) is 62.1 Å². The molecule has 2 aromatic carbocycles. The number of nitrogens with two attached hydrogens (primary N) is 1. The Labute approximate surface area is 203 Å². The van der Waals surface area contributed by atoms with Gasteiger partial charge in [0.25, 0.3) is 5.69 Å². The SMILES string of the molecule is NC1(c2ncc(-c3ccc(F)cc3)o2)CCCCC1N[C@H]1CCCN(c2ccc([N+](=O)[O-])cc2)C1. The number of nitro groups is 1. The number of nitrogens with zero attached hydrogens (tertiary/aromatic N) is 3. The van der Waals surface area contributed by atoms with Crippen molar-refractivity contribution in [3.05, 3.63) is 76.6 Å². The molecule has 2 heterocycles. The molecule has 0 radical (unpaired) electrons. The minimum absolute atomic E-state index is 0.0118. The second kappa shape index (κ2) is 9.75. The molecule has 1 saturated carbocycles. The van der Waals surface area contributed by atoms with Crippen molar-refractivity contribution < 1.29 is 13.7 Å². The molecule has 35 heavy (non-hydrogen) atoms. The van der Waals surface area contributed by atoms with Crippen molar-refractivity contribution in [2.24, 2.45) is 5.73 Å². The third-order valence-electron chi connectivity index (χ3n) is 7.27. The molecule has 5 rings (SSSR count). The lowest BCUT2D eigenvalue weighted by molar-refractivity contribution is -0.384. The van der Waals surface area contributed by atoms with Gasteiger partial charge in [0.1, 0.15) is 11.4 Å². The summed E-state index contributed by atoms with van der Waals surface area (Å²) in [5.41, 5.74) is 8.11. The number of anilines is 1. The van der Waals surface area contributed by atoms with E-state index in [0.717, 1.165) is 62.9 Å². The summed E-state index contributed by atoms with van der Waals surface area (Å²) < 4.78 is 19.4. The van der Waals surface area contributed by atoms with Crippen LogP contribution in [0.2, 0.25) is 0 Å². The third kappa shape index (κ3) is 4.92. The van der Waals surface area contributed by atoms with Gasteiger partial charge in [0.05, 0.1) is 11.1 Å². The summed E-state index contributed by atoms with van der Waals surface area (Å²) in [6, 6.07) is 13.1. The molecule has 3 aromatic rings. The summed E-state index contributed by atoms with van der Waals surface area (Å²) in [7, 11) is 0. The maximum Gasteiger partial charge on any atom is 0.269 e. The molecule has 0 spiro atoms. The highest BCUT2D eigenvalue weighted by Gasteiger charge is 2.44. The lowest BCUT2D eigenvalue weighted by Crippen LogP contribution is -2.61. The summed E-state index contributed by atoms with van der Waals surface area (Å²) >= 11 is 0. The molecular weight excluding hydrogens is 449 g/mol. The van der Waals surface area contributed by atoms with Crippen LogP contribution < -0.4 is 16.0 Å². The molecule has 1 saturated heterocycles. The van der Waals surface area contributed by atoms with E-state index in [1.54, 1.807) is 30.5 Å². The number of hydrogen-bond donors (Lipinski definition) is 2. The highest BCUT2D eigenvalue weighted by Crippen LogP contribution is 2.37. The van der Waals surface area contributed by atoms with Gasteiger partial charge in [0, 0.05) is 48.6 Å². The molecule has 2 fully saturated rings. The molecule has 1 aliphatic carbocycles. The fourth-order valence-electron chi connectivity index (χ4n) is 5.34. The summed E-state index contributed by atoms with van der Waals surface area (Å²) in [4.78, 5) is 17.4. The highest BCUT2D eigenvalue weighted by atomic mass is 19.1. The first kappa shape index (κ1) is 23.4. The summed E-state index contributed by atoms with van der Waals surface area (Å²) in [5.74, 6) is 0.795. The number of halogens is 1. The average molecular weight is 480 g/mol. The maximum atomic E-state index is 13.3. The first-order valence-electron chi connectivity index (χ1n) is 12.2. The van der Waals surface area contributed by atoms with Gasteiger partial charge in [-0.1, -0.05) is 12.8 Å². The Morgan fingerprint density at radius 1 is 1.11 bits per heavy atom. The van der Waals surface area contributed by atoms with Crippen molar-refractivity contribution in [2.45, 2.75) is 56.1 Å². The molecule has 3 atom stereocenters. The van der Waals surface area contributed by atoms with Gasteiger partial charge in [0.15, 0.2) is 5.76 Å². The smallest absolute Gasteiger partial charge is 0.269 e. The lowest BCUT2D eigenvalue weighted by atomic mass is 9.77. The van der Waals surface area contributed by atoms with E-state index < -0.39 is 5.54 Å². The van der Waals surface area contributed by atoms with Crippen LogP contribution in [0.3, 0.4) is 0 Å². The zero-order chi connectivity index (χ0) is 24.4. The van der Waals surface area contributed by atoms with Gasteiger partial charge in [-0.2, -0.15) is 0 Å². The lowest BCUT2D eigenvalue weighted by Gasteiger charge is -2.43. The molecule has 0 amide bonds. The van der Waals surface area contributed by atoms with Gasteiger partial charge in [0.2, 0.25) is 5.89 Å². The number of piperidine rings is 1. The molecule has 3 N–H and O–H groups in total. The van der Waals surface area contributed by atoms with Crippen molar-refractivity contribution >= 4 is 11.4 Å². The number of oxazole rings is 1. The number of benzene rings is 2. The molecular formula is C26H30FN5O3. The van der Waals surface area contributed by atoms with Crippen LogP contribution in [0.25, 0.3) is 11.3 Å². The molecule has 1 aromatic heterocycles. The van der Waals surface area contributed by atoms with Crippen molar-refractivity contribution in [1.82, 2.24) is 10.3 Å². The van der Waals surface area contributed by atoms with Crippen LogP contribution in [0.1, 0.15) is 44.4 Å². The van der Waals surface area contributed by atoms with Crippen LogP contribution in [0.15, 0.2) is 59.1 Å². The number of non-ortho nitro benzene ring substituents is 1. The predicted molar refractivity (Wildman–Crippen MR) is 131 cm³/mol. The van der Waals surface area contributed by atoms with Gasteiger partial charge in [-0.15, -0.1) is 0 Å². The zero-order valence-corrected chi connectivity index (χ0v) is 19.5. The first-order chi connectivity index (χ1) is 16.9. The van der Waals surface area contributed by atoms with E-state index in [1.807, 2.05) is 12.1 Å². The van der Waals surface area contributed by atoms with Crippen LogP contribution in [0, 0.1) is 15.9 Å². The molecule has 9 heteroatoms. The number of nitro benzene ring substituents is 1. The first-order valence-corrected chi connectivity index (χ1v) is 12.2. The van der Waals surface area contributed by atoms with E-state index in [1.165, 1.54) is 12.1 Å². The molecule has 2 unspecified atom stereocenters. The normalized spacial score (nSPS) is 24.9. The Balaban J connectivity index is 1.30. The number of nitrogens with one attached hydrogen (secondary N) is 1. The Hall–Kier alpha value is -3.30. The topological polar surface area (TPSA) is 110 Å². The summed E-state index contributed by atoms with van der Waals surface area (Å²) in [6.45, 7) is 1.71. The number of rotatable bonds is 6. The van der Waals surface area contributed by atoms with Crippen LogP contribution in [0.4, 0.5) is 15.8 Å². The Morgan fingerprint density at radius 2 is 1.89 bits per heavy atom. The Kier molecular flexibility index (Phi) is 6.53. The molecule has 0 bridgehead atoms. The standard InChI is InChI=1S/C26H30FN5O3/c27-19-8-6-18(7-9-19)23-16-29-25(35-23)26(28)14-2-1-5-24(26)30-20-4-3-15-31(17-20)21-10-12-22(13-11-21)32(33)34/h6-13,16,20,24,30H,1-5,14-15,17,28H2/t20-,24?,26?/m0/s1. The van der Waals surface area contributed by atoms with E-state index in [-0.39, 0.29) is 28.5 Å². The van der Waals surface area contributed by atoms with Crippen molar-refractivity contribution in [2.75, 3.05) is 18.0 Å². The third-order valence-corrected chi connectivity index (χ3v) is 7.27. The fourth-order valence-corrected chi connectivity index (χ4v) is 5.34. The number of aromatic nitrogens is 1. The van der Waals surface area contributed by atoms with E-state index in [0.29, 0.717) is 11.7 Å². The second-order valence-electron chi connectivity index (χ2n) is 9.60. The van der Waals surface area contributed by atoms with Crippen molar-refractivity contribution in [3.63, 3.8) is 0 Å². The maximum absolute atomic E-state index is 13.3. The van der Waals surface area contributed by atoms with Crippen LogP contribution in [-0.4, -0.2) is 35.1 Å². The van der Waals surface area contributed by atoms with Crippen molar-refractivity contribution in [3.8, 4) is 11.3 Å². The Morgan fingerprint density at radius 3 is 2.63 bits per heavy atom. The average Bonchev–Trinajstić information content (AvgIpc) is 3.37. The van der Waals surface area contributed by atoms with Crippen LogP contribution >= 0.6 is 0 Å². The largest absolute Gasteiger partial charge is 0.439 e. The summed E-state index contributed by atoms with van der Waals surface area (Å²) in [5, 5.41) is 14.8. The number of hydrogen-bond acceptors (Lipinski definition) is 7. The van der Waals surface area contributed by atoms with Gasteiger partial charge in [-0.3, -0.25) is 10.1 Å². The molecule has 8 nitrogen and oxygen atoms in total. The monoisotopic (exact) mass is 479 g/mol. The minimum Gasteiger partial charge on any atom is -0.439 e. The molecule has 2 aliphatic rings. The van der Waals surface area contributed by atoms with E-state index in [9.17, 15) is 14.5 Å². The van der Waals surface area contributed by atoms with E-state index in [2.05, 4.69) is 15.2 Å². The van der Waals surface area contributed by atoms with E-state index in [4.69, 9.17) is 10.2 Å². The Bertz CT molecular complexity index is 1170. The zero-order valence-electron chi connectivity index (χ0n) is 19.5. The molecule has 184 valence electrons. The van der Waals surface area contributed by atoms with E-state index >= 15 is 0 Å². The molecule has 1 aliphatic heterocycles.